The van der Waals surface area contributed by atoms with Crippen LogP contribution in [0.1, 0.15) is 25.2 Å². The molecular formula is C19H21N5O2. The van der Waals surface area contributed by atoms with Crippen LogP contribution in [0.25, 0.3) is 5.82 Å². The fourth-order valence-electron chi connectivity index (χ4n) is 2.38. The van der Waals surface area contributed by atoms with Gasteiger partial charge in [0.1, 0.15) is 12.1 Å². The molecule has 0 saturated heterocycles. The zero-order chi connectivity index (χ0) is 18.7. The molecule has 7 heteroatoms. The molecule has 0 atom stereocenters. The van der Waals surface area contributed by atoms with Gasteiger partial charge in [-0.2, -0.15) is 5.10 Å². The average Bonchev–Trinajstić information content (AvgIpc) is 2.95. The molecule has 3 aromatic rings. The van der Waals surface area contributed by atoms with E-state index in [1.807, 2.05) is 33.8 Å². The molecule has 0 aliphatic rings. The summed E-state index contributed by atoms with van der Waals surface area (Å²) in [5.74, 6) is 1.58. The Hall–Kier alpha value is -3.22. The molecule has 134 valence electrons. The van der Waals surface area contributed by atoms with E-state index < -0.39 is 0 Å². The number of carbonyl (C=O) groups excluding carboxylic acids is 1. The quantitative estimate of drug-likeness (QED) is 0.758. The van der Waals surface area contributed by atoms with Crippen LogP contribution in [-0.4, -0.2) is 25.7 Å². The van der Waals surface area contributed by atoms with Gasteiger partial charge in [-0.1, -0.05) is 13.8 Å². The number of hydrogen-bond donors (Lipinski definition) is 1. The minimum Gasteiger partial charge on any atom is -0.439 e. The van der Waals surface area contributed by atoms with Crippen LogP contribution in [0.5, 0.6) is 11.6 Å². The van der Waals surface area contributed by atoms with Crippen molar-refractivity contribution in [3.8, 4) is 17.4 Å². The van der Waals surface area contributed by atoms with Crippen LogP contribution >= 0.6 is 0 Å². The maximum atomic E-state index is 11.7. The van der Waals surface area contributed by atoms with Gasteiger partial charge in [0.2, 0.25) is 11.8 Å². The average molecular weight is 351 g/mol. The van der Waals surface area contributed by atoms with E-state index in [0.717, 1.165) is 17.1 Å². The number of rotatable bonds is 5. The largest absolute Gasteiger partial charge is 0.439 e. The molecule has 2 heterocycles. The monoisotopic (exact) mass is 351 g/mol. The summed E-state index contributed by atoms with van der Waals surface area (Å²) in [5.41, 5.74) is 2.63. The van der Waals surface area contributed by atoms with Gasteiger partial charge in [-0.05, 0) is 44.2 Å². The number of amides is 1. The number of nitrogens with one attached hydrogen (secondary N) is 1. The van der Waals surface area contributed by atoms with Crippen LogP contribution in [-0.2, 0) is 4.79 Å². The summed E-state index contributed by atoms with van der Waals surface area (Å²) in [7, 11) is 0. The summed E-state index contributed by atoms with van der Waals surface area (Å²) >= 11 is 0. The third-order valence-corrected chi connectivity index (χ3v) is 3.72. The fraction of sp³-hybridized carbons (Fsp3) is 0.263. The number of nitrogens with zero attached hydrogens (tertiary/aromatic N) is 4. The molecule has 0 fully saturated rings. The second-order valence-corrected chi connectivity index (χ2v) is 6.32. The molecule has 0 spiro atoms. The molecule has 0 aliphatic carbocycles. The number of ether oxygens (including phenoxy) is 1. The predicted molar refractivity (Wildman–Crippen MR) is 98.6 cm³/mol. The maximum absolute atomic E-state index is 11.7. The summed E-state index contributed by atoms with van der Waals surface area (Å²) < 4.78 is 7.53. The van der Waals surface area contributed by atoms with Crippen molar-refractivity contribution in [2.24, 2.45) is 5.92 Å². The molecule has 2 aromatic heterocycles. The molecule has 1 aromatic carbocycles. The van der Waals surface area contributed by atoms with Gasteiger partial charge in [0.05, 0.1) is 5.69 Å². The Kier molecular flexibility index (Phi) is 4.97. The molecule has 3 rings (SSSR count). The molecule has 0 saturated carbocycles. The highest BCUT2D eigenvalue weighted by Gasteiger charge is 2.09. The van der Waals surface area contributed by atoms with Crippen molar-refractivity contribution in [1.82, 2.24) is 19.7 Å². The maximum Gasteiger partial charge on any atom is 0.226 e. The van der Waals surface area contributed by atoms with E-state index >= 15 is 0 Å². The Morgan fingerprint density at radius 2 is 1.85 bits per heavy atom. The first-order chi connectivity index (χ1) is 12.4. The lowest BCUT2D eigenvalue weighted by atomic mass is 10.2. The number of carbonyl (C=O) groups is 1. The predicted octanol–water partition coefficient (Wildman–Crippen LogP) is 3.67. The van der Waals surface area contributed by atoms with Crippen molar-refractivity contribution in [2.75, 3.05) is 5.32 Å². The van der Waals surface area contributed by atoms with Gasteiger partial charge in [0.15, 0.2) is 5.82 Å². The molecule has 0 unspecified atom stereocenters. The van der Waals surface area contributed by atoms with Gasteiger partial charge < -0.3 is 10.1 Å². The number of hydrogen-bond acceptors (Lipinski definition) is 5. The smallest absolute Gasteiger partial charge is 0.226 e. The third-order valence-electron chi connectivity index (χ3n) is 3.72. The van der Waals surface area contributed by atoms with Crippen molar-refractivity contribution in [3.05, 3.63) is 54.1 Å². The van der Waals surface area contributed by atoms with Gasteiger partial charge in [-0.25, -0.2) is 14.6 Å². The minimum atomic E-state index is -0.0697. The highest BCUT2D eigenvalue weighted by Crippen LogP contribution is 2.23. The Balaban J connectivity index is 1.74. The topological polar surface area (TPSA) is 81.9 Å². The summed E-state index contributed by atoms with van der Waals surface area (Å²) in [6, 6.07) is 10.8. The third kappa shape index (κ3) is 4.05. The van der Waals surface area contributed by atoms with E-state index in [9.17, 15) is 4.79 Å². The van der Waals surface area contributed by atoms with Gasteiger partial charge in [-0.15, -0.1) is 0 Å². The molecule has 1 N–H and O–H groups in total. The van der Waals surface area contributed by atoms with E-state index in [1.54, 1.807) is 35.0 Å². The van der Waals surface area contributed by atoms with Crippen molar-refractivity contribution >= 4 is 11.6 Å². The first-order valence-electron chi connectivity index (χ1n) is 8.37. The highest BCUT2D eigenvalue weighted by atomic mass is 16.5. The second-order valence-electron chi connectivity index (χ2n) is 6.32. The van der Waals surface area contributed by atoms with Gasteiger partial charge >= 0.3 is 0 Å². The highest BCUT2D eigenvalue weighted by molar-refractivity contribution is 5.92. The zero-order valence-electron chi connectivity index (χ0n) is 15.2. The SMILES string of the molecule is Cc1cc(C)n(-c2cc(Oc3ccc(NC(=O)C(C)C)cc3)ncn2)n1. The van der Waals surface area contributed by atoms with Crippen molar-refractivity contribution < 1.29 is 9.53 Å². The van der Waals surface area contributed by atoms with Gasteiger partial charge in [0.25, 0.3) is 0 Å². The molecule has 0 radical (unpaired) electrons. The number of anilines is 1. The molecule has 7 nitrogen and oxygen atoms in total. The first-order valence-corrected chi connectivity index (χ1v) is 8.37. The van der Waals surface area contributed by atoms with E-state index in [0.29, 0.717) is 17.4 Å². The standard InChI is InChI=1S/C19H21N5O2/c1-12(2)19(25)22-15-5-7-16(8-6-15)26-18-10-17(20-11-21-18)24-14(4)9-13(3)23-24/h5-12H,1-4H3,(H,22,25). The molecule has 0 aliphatic heterocycles. The fourth-order valence-corrected chi connectivity index (χ4v) is 2.38. The summed E-state index contributed by atoms with van der Waals surface area (Å²) in [6.45, 7) is 7.60. The van der Waals surface area contributed by atoms with Crippen LogP contribution in [0.4, 0.5) is 5.69 Å². The van der Waals surface area contributed by atoms with E-state index in [4.69, 9.17) is 4.74 Å². The summed E-state index contributed by atoms with van der Waals surface area (Å²) in [5, 5.41) is 7.25. The molecular weight excluding hydrogens is 330 g/mol. The summed E-state index contributed by atoms with van der Waals surface area (Å²) in [4.78, 5) is 20.1. The van der Waals surface area contributed by atoms with Crippen molar-refractivity contribution in [3.63, 3.8) is 0 Å². The van der Waals surface area contributed by atoms with E-state index in [-0.39, 0.29) is 11.8 Å². The lowest BCUT2D eigenvalue weighted by molar-refractivity contribution is -0.118. The van der Waals surface area contributed by atoms with E-state index in [2.05, 4.69) is 20.4 Å². The van der Waals surface area contributed by atoms with Gasteiger partial charge in [-0.3, -0.25) is 4.79 Å². The lowest BCUT2D eigenvalue weighted by Crippen LogP contribution is -2.17. The van der Waals surface area contributed by atoms with Crippen LogP contribution < -0.4 is 10.1 Å². The number of benzene rings is 1. The van der Waals surface area contributed by atoms with Crippen LogP contribution in [0.3, 0.4) is 0 Å². The molecule has 1 amide bonds. The Morgan fingerprint density at radius 3 is 2.46 bits per heavy atom. The van der Waals surface area contributed by atoms with Crippen LogP contribution in [0, 0.1) is 19.8 Å². The number of aromatic nitrogens is 4. The normalized spacial score (nSPS) is 10.8. The second kappa shape index (κ2) is 7.35. The lowest BCUT2D eigenvalue weighted by Gasteiger charge is -2.09. The summed E-state index contributed by atoms with van der Waals surface area (Å²) in [6.07, 6.45) is 1.44. The van der Waals surface area contributed by atoms with Crippen molar-refractivity contribution in [2.45, 2.75) is 27.7 Å². The Labute approximate surface area is 152 Å². The zero-order valence-corrected chi connectivity index (χ0v) is 15.2. The van der Waals surface area contributed by atoms with Crippen LogP contribution in [0.15, 0.2) is 42.7 Å². The minimum absolute atomic E-state index is 0.0241. The van der Waals surface area contributed by atoms with E-state index in [1.165, 1.54) is 6.33 Å². The van der Waals surface area contributed by atoms with Crippen LogP contribution in [0.2, 0.25) is 0 Å². The Morgan fingerprint density at radius 1 is 1.12 bits per heavy atom. The van der Waals surface area contributed by atoms with Crippen molar-refractivity contribution in [1.29, 1.82) is 0 Å². The first kappa shape index (κ1) is 17.6. The Bertz CT molecular complexity index is 916. The number of aryl methyl sites for hydroxylation is 2. The van der Waals surface area contributed by atoms with Gasteiger partial charge in [0, 0.05) is 23.4 Å². The molecule has 0 bridgehead atoms. The molecule has 26 heavy (non-hydrogen) atoms.